The molecule has 0 saturated heterocycles. The van der Waals surface area contributed by atoms with Crippen LogP contribution in [-0.4, -0.2) is 11.1 Å². The van der Waals surface area contributed by atoms with E-state index in [4.69, 9.17) is 5.73 Å². The number of aliphatic hydroxyl groups excluding tert-OH is 1. The Hall–Kier alpha value is -1.00. The van der Waals surface area contributed by atoms with Crippen LogP contribution in [0.25, 0.3) is 0 Å². The maximum absolute atomic E-state index is 12.7. The molecule has 0 aliphatic rings. The molecule has 13 heavy (non-hydrogen) atoms. The van der Waals surface area contributed by atoms with Gasteiger partial charge in [0.05, 0.1) is 6.10 Å². The first kappa shape index (κ1) is 10.1. The zero-order valence-electron chi connectivity index (χ0n) is 7.17. The largest absolute Gasteiger partial charge is 0.387 e. The summed E-state index contributed by atoms with van der Waals surface area (Å²) < 4.78 is 25.2. The third-order valence-corrected chi connectivity index (χ3v) is 1.78. The van der Waals surface area contributed by atoms with Crippen molar-refractivity contribution in [3.63, 3.8) is 0 Å². The second-order valence-electron chi connectivity index (χ2n) is 2.98. The van der Waals surface area contributed by atoms with Crippen LogP contribution in [0, 0.1) is 11.6 Å². The van der Waals surface area contributed by atoms with E-state index in [-0.39, 0.29) is 5.56 Å². The fourth-order valence-corrected chi connectivity index (χ4v) is 1.000. The molecule has 2 atom stereocenters. The van der Waals surface area contributed by atoms with Gasteiger partial charge in [0.15, 0.2) is 11.6 Å². The van der Waals surface area contributed by atoms with Crippen LogP contribution in [0.3, 0.4) is 0 Å². The molecular formula is C9H11F2NO. The molecule has 0 aliphatic carbocycles. The van der Waals surface area contributed by atoms with Gasteiger partial charge in [-0.15, -0.1) is 0 Å². The predicted molar refractivity (Wildman–Crippen MR) is 45.0 cm³/mol. The molecule has 0 bridgehead atoms. The zero-order valence-corrected chi connectivity index (χ0v) is 7.17. The zero-order chi connectivity index (χ0) is 10.0. The van der Waals surface area contributed by atoms with Crippen molar-refractivity contribution in [2.45, 2.75) is 19.1 Å². The maximum atomic E-state index is 12.7. The summed E-state index contributed by atoms with van der Waals surface area (Å²) in [6, 6.07) is 2.72. The van der Waals surface area contributed by atoms with Crippen LogP contribution in [0.4, 0.5) is 8.78 Å². The second-order valence-corrected chi connectivity index (χ2v) is 2.98. The molecule has 1 aromatic carbocycles. The lowest BCUT2D eigenvalue weighted by Crippen LogP contribution is -2.24. The summed E-state index contributed by atoms with van der Waals surface area (Å²) in [6.07, 6.45) is -0.963. The molecule has 1 aromatic rings. The van der Waals surface area contributed by atoms with Crippen molar-refractivity contribution in [1.82, 2.24) is 0 Å². The SMILES string of the molecule is C[C@H](N)[C@@H](O)c1ccc(F)c(F)c1. The average molecular weight is 187 g/mol. The lowest BCUT2D eigenvalue weighted by molar-refractivity contribution is 0.153. The Kier molecular flexibility index (Phi) is 2.95. The van der Waals surface area contributed by atoms with Crippen LogP contribution in [0.2, 0.25) is 0 Å². The van der Waals surface area contributed by atoms with Crippen LogP contribution in [0.15, 0.2) is 18.2 Å². The van der Waals surface area contributed by atoms with Gasteiger partial charge in [-0.1, -0.05) is 6.07 Å². The molecular weight excluding hydrogens is 176 g/mol. The number of hydrogen-bond donors (Lipinski definition) is 2. The maximum Gasteiger partial charge on any atom is 0.159 e. The summed E-state index contributed by atoms with van der Waals surface area (Å²) in [5.74, 6) is -1.90. The summed E-state index contributed by atoms with van der Waals surface area (Å²) in [6.45, 7) is 1.59. The molecule has 0 heterocycles. The molecule has 0 amide bonds. The molecule has 2 nitrogen and oxygen atoms in total. The van der Waals surface area contributed by atoms with E-state index in [2.05, 4.69) is 0 Å². The monoisotopic (exact) mass is 187 g/mol. The third kappa shape index (κ3) is 2.23. The molecule has 3 N–H and O–H groups in total. The van der Waals surface area contributed by atoms with Crippen molar-refractivity contribution >= 4 is 0 Å². The first-order chi connectivity index (χ1) is 6.02. The predicted octanol–water partition coefficient (Wildman–Crippen LogP) is 1.35. The van der Waals surface area contributed by atoms with Crippen LogP contribution in [0.5, 0.6) is 0 Å². The topological polar surface area (TPSA) is 46.2 Å². The van der Waals surface area contributed by atoms with Gasteiger partial charge in [-0.3, -0.25) is 0 Å². The van der Waals surface area contributed by atoms with Crippen molar-refractivity contribution in [3.8, 4) is 0 Å². The smallest absolute Gasteiger partial charge is 0.159 e. The van der Waals surface area contributed by atoms with Gasteiger partial charge in [0.1, 0.15) is 0 Å². The van der Waals surface area contributed by atoms with Crippen molar-refractivity contribution in [2.75, 3.05) is 0 Å². The van der Waals surface area contributed by atoms with Crippen LogP contribution in [-0.2, 0) is 0 Å². The Morgan fingerprint density at radius 1 is 1.31 bits per heavy atom. The fraction of sp³-hybridized carbons (Fsp3) is 0.333. The number of rotatable bonds is 2. The number of halogens is 2. The highest BCUT2D eigenvalue weighted by Crippen LogP contribution is 2.17. The van der Waals surface area contributed by atoms with Crippen molar-refractivity contribution in [2.24, 2.45) is 5.73 Å². The Labute approximate surface area is 75.0 Å². The van der Waals surface area contributed by atoms with E-state index in [9.17, 15) is 13.9 Å². The first-order valence-electron chi connectivity index (χ1n) is 3.91. The van der Waals surface area contributed by atoms with Crippen LogP contribution in [0.1, 0.15) is 18.6 Å². The van der Waals surface area contributed by atoms with Crippen molar-refractivity contribution in [1.29, 1.82) is 0 Å². The molecule has 1 rings (SSSR count). The van der Waals surface area contributed by atoms with E-state index < -0.39 is 23.8 Å². The van der Waals surface area contributed by atoms with Gasteiger partial charge in [0.25, 0.3) is 0 Å². The van der Waals surface area contributed by atoms with Crippen LogP contribution >= 0.6 is 0 Å². The summed E-state index contributed by atoms with van der Waals surface area (Å²) in [5.41, 5.74) is 5.68. The Morgan fingerprint density at radius 2 is 1.92 bits per heavy atom. The highest BCUT2D eigenvalue weighted by atomic mass is 19.2. The molecule has 4 heteroatoms. The molecule has 0 aromatic heterocycles. The van der Waals surface area contributed by atoms with Gasteiger partial charge in [-0.2, -0.15) is 0 Å². The molecule has 0 saturated carbocycles. The number of nitrogens with two attached hydrogens (primary N) is 1. The molecule has 72 valence electrons. The summed E-state index contributed by atoms with van der Waals surface area (Å²) >= 11 is 0. The summed E-state index contributed by atoms with van der Waals surface area (Å²) in [4.78, 5) is 0. The Balaban J connectivity index is 2.97. The van der Waals surface area contributed by atoms with E-state index in [1.165, 1.54) is 6.07 Å². The van der Waals surface area contributed by atoms with E-state index >= 15 is 0 Å². The van der Waals surface area contributed by atoms with Gasteiger partial charge in [-0.25, -0.2) is 8.78 Å². The number of hydrogen-bond acceptors (Lipinski definition) is 2. The normalized spacial score (nSPS) is 15.5. The minimum absolute atomic E-state index is 0.286. The fourth-order valence-electron chi connectivity index (χ4n) is 1.000. The first-order valence-corrected chi connectivity index (χ1v) is 3.91. The summed E-state index contributed by atoms with van der Waals surface area (Å²) in [5, 5.41) is 9.40. The number of aliphatic hydroxyl groups is 1. The second kappa shape index (κ2) is 3.81. The van der Waals surface area contributed by atoms with E-state index in [0.717, 1.165) is 12.1 Å². The molecule has 0 spiro atoms. The van der Waals surface area contributed by atoms with Crippen LogP contribution < -0.4 is 5.73 Å². The lowest BCUT2D eigenvalue weighted by Gasteiger charge is -2.14. The van der Waals surface area contributed by atoms with Crippen molar-refractivity contribution in [3.05, 3.63) is 35.4 Å². The Morgan fingerprint density at radius 3 is 2.38 bits per heavy atom. The third-order valence-electron chi connectivity index (χ3n) is 1.78. The van der Waals surface area contributed by atoms with Gasteiger partial charge in [-0.05, 0) is 24.6 Å². The lowest BCUT2D eigenvalue weighted by atomic mass is 10.0. The molecule has 0 aliphatic heterocycles. The quantitative estimate of drug-likeness (QED) is 0.734. The van der Waals surface area contributed by atoms with E-state index in [0.29, 0.717) is 0 Å². The van der Waals surface area contributed by atoms with E-state index in [1.54, 1.807) is 6.92 Å². The van der Waals surface area contributed by atoms with E-state index in [1.807, 2.05) is 0 Å². The minimum Gasteiger partial charge on any atom is -0.387 e. The van der Waals surface area contributed by atoms with Gasteiger partial charge in [0, 0.05) is 6.04 Å². The number of benzene rings is 1. The Bertz CT molecular complexity index is 302. The van der Waals surface area contributed by atoms with Gasteiger partial charge < -0.3 is 10.8 Å². The highest BCUT2D eigenvalue weighted by Gasteiger charge is 2.14. The van der Waals surface area contributed by atoms with Crippen molar-refractivity contribution < 1.29 is 13.9 Å². The van der Waals surface area contributed by atoms with Gasteiger partial charge in [0.2, 0.25) is 0 Å². The molecule has 0 fully saturated rings. The highest BCUT2D eigenvalue weighted by molar-refractivity contribution is 5.20. The van der Waals surface area contributed by atoms with Gasteiger partial charge >= 0.3 is 0 Å². The minimum atomic E-state index is -0.975. The summed E-state index contributed by atoms with van der Waals surface area (Å²) in [7, 11) is 0. The standard InChI is InChI=1S/C9H11F2NO/c1-5(12)9(13)6-2-3-7(10)8(11)4-6/h2-5,9,13H,12H2,1H3/t5-,9+/m0/s1. The average Bonchev–Trinajstić information content (AvgIpc) is 2.08. The molecule has 0 unspecified atom stereocenters. The molecule has 0 radical (unpaired) electrons.